The molecule has 57 heavy (non-hydrogen) atoms. The molecule has 4 N–H and O–H groups in total. The first-order valence-corrected chi connectivity index (χ1v) is 22.9. The van der Waals surface area contributed by atoms with E-state index in [1.807, 2.05) is 0 Å². The van der Waals surface area contributed by atoms with E-state index < -0.39 is 28.1 Å². The molecule has 19 atom stereocenters. The lowest BCUT2D eigenvalue weighted by atomic mass is 9.81. The molecule has 10 rings (SSSR count). The Morgan fingerprint density at radius 2 is 1.51 bits per heavy atom. The summed E-state index contributed by atoms with van der Waals surface area (Å²) in [6.07, 6.45) is 5.57. The highest BCUT2D eigenvalue weighted by Crippen LogP contribution is 2.54. The number of ketones is 1. The number of nitrogens with two attached hydrogens (primary N) is 1. The molecule has 10 aliphatic heterocycles. The number of carbonyl (C=O) groups excluding carboxylic acids is 1. The number of carbonyl (C=O) groups is 1. The van der Waals surface area contributed by atoms with E-state index in [1.54, 1.807) is 7.11 Å². The second-order valence-electron chi connectivity index (χ2n) is 18.2. The maximum atomic E-state index is 14.1. The van der Waals surface area contributed by atoms with Crippen LogP contribution in [-0.4, -0.2) is 147 Å². The molecule has 0 saturated carbocycles. The van der Waals surface area contributed by atoms with Crippen LogP contribution in [0.4, 0.5) is 0 Å². The van der Waals surface area contributed by atoms with E-state index >= 15 is 0 Å². The number of hydrogen-bond acceptors (Lipinski definition) is 14. The van der Waals surface area contributed by atoms with Crippen molar-refractivity contribution >= 4 is 15.9 Å². The van der Waals surface area contributed by atoms with Crippen LogP contribution < -0.4 is 5.73 Å². The summed E-state index contributed by atoms with van der Waals surface area (Å²) >= 11 is 0. The minimum absolute atomic E-state index is 0.0158. The molecule has 0 unspecified atom stereocenters. The monoisotopic (exact) mass is 825 g/mol. The van der Waals surface area contributed by atoms with Crippen molar-refractivity contribution in [3.8, 4) is 0 Å². The van der Waals surface area contributed by atoms with Crippen molar-refractivity contribution in [2.45, 2.75) is 194 Å². The van der Waals surface area contributed by atoms with Crippen molar-refractivity contribution in [3.05, 3.63) is 24.3 Å². The van der Waals surface area contributed by atoms with Crippen molar-refractivity contribution in [1.82, 2.24) is 0 Å². The quantitative estimate of drug-likeness (QED) is 0.276. The van der Waals surface area contributed by atoms with Crippen LogP contribution >= 0.6 is 0 Å². The Labute approximate surface area is 336 Å². The predicted octanol–water partition coefficient (Wildman–Crippen LogP) is 2.94. The Bertz CT molecular complexity index is 1600. The van der Waals surface area contributed by atoms with Gasteiger partial charge in [-0.3, -0.25) is 9.35 Å². The molecule has 322 valence electrons. The van der Waals surface area contributed by atoms with Crippen molar-refractivity contribution in [1.29, 1.82) is 0 Å². The van der Waals surface area contributed by atoms with E-state index in [-0.39, 0.29) is 122 Å². The van der Waals surface area contributed by atoms with Crippen molar-refractivity contribution in [2.24, 2.45) is 17.6 Å². The molecular formula is C41H63NO14S. The molecule has 0 radical (unpaired) electrons. The van der Waals surface area contributed by atoms with Gasteiger partial charge in [0.25, 0.3) is 10.1 Å². The molecule has 0 aromatic heterocycles. The number of ether oxygens (including phenoxy) is 9. The zero-order valence-electron chi connectivity index (χ0n) is 33.5. The molecule has 0 amide bonds. The molecule has 10 saturated heterocycles. The molecule has 10 heterocycles. The van der Waals surface area contributed by atoms with E-state index in [0.717, 1.165) is 56.1 Å². The second kappa shape index (κ2) is 16.8. The molecular weight excluding hydrogens is 763 g/mol. The SMILES string of the molecule is C=C1C[C@@H]2CC[C@@]34C[C@@H]5O[C@@H]6[C@@H](O[C@H]7CC[C@H](CC(=O)C[C@@H]8[C@@H](OC)[C@@H](C[C@H](O)CN)O[C@H]8C[C@H]8O[C@@H](CC[C@@H]1O2)C[C@@H](C)C8=C)O[C@@H]7[C@@H]6O3)[C@H]5O4.CS(=O)(=O)O. The summed E-state index contributed by atoms with van der Waals surface area (Å²) in [5, 5.41) is 10.5. The maximum absolute atomic E-state index is 14.1. The van der Waals surface area contributed by atoms with E-state index in [9.17, 15) is 18.3 Å². The molecule has 1 spiro atoms. The number of aliphatic hydroxyl groups excluding tert-OH is 1. The number of aliphatic hydroxyl groups is 1. The summed E-state index contributed by atoms with van der Waals surface area (Å²) in [5.41, 5.74) is 8.01. The summed E-state index contributed by atoms with van der Waals surface area (Å²) in [4.78, 5) is 14.1. The minimum atomic E-state index is -3.67. The first kappa shape index (κ1) is 42.3. The van der Waals surface area contributed by atoms with Gasteiger partial charge in [0.2, 0.25) is 0 Å². The Balaban J connectivity index is 0.000000859. The van der Waals surface area contributed by atoms with Crippen LogP contribution in [0.15, 0.2) is 24.3 Å². The Kier molecular flexibility index (Phi) is 12.5. The van der Waals surface area contributed by atoms with Crippen molar-refractivity contribution in [3.63, 3.8) is 0 Å². The van der Waals surface area contributed by atoms with Crippen LogP contribution in [-0.2, 0) is 57.5 Å². The maximum Gasteiger partial charge on any atom is 0.261 e. The lowest BCUT2D eigenvalue weighted by molar-refractivity contribution is -0.292. The number of Topliss-reactive ketones (excluding diaryl/α,β-unsaturated/α-hetero) is 1. The third-order valence-corrected chi connectivity index (χ3v) is 14.0. The van der Waals surface area contributed by atoms with E-state index in [2.05, 4.69) is 20.1 Å². The second-order valence-corrected chi connectivity index (χ2v) is 19.6. The summed E-state index contributed by atoms with van der Waals surface area (Å²) in [6.45, 7) is 11.3. The Morgan fingerprint density at radius 3 is 2.26 bits per heavy atom. The van der Waals surface area contributed by atoms with Gasteiger partial charge in [-0.25, -0.2) is 0 Å². The third kappa shape index (κ3) is 9.00. The van der Waals surface area contributed by atoms with E-state index in [4.69, 9.17) is 52.9 Å². The van der Waals surface area contributed by atoms with Crippen molar-refractivity contribution in [2.75, 3.05) is 19.9 Å². The van der Waals surface area contributed by atoms with Crippen LogP contribution in [0.1, 0.15) is 90.4 Å². The van der Waals surface area contributed by atoms with Gasteiger partial charge >= 0.3 is 0 Å². The topological polar surface area (TPSA) is 201 Å². The highest BCUT2D eigenvalue weighted by Gasteiger charge is 2.68. The average molecular weight is 826 g/mol. The largest absolute Gasteiger partial charge is 0.392 e. The fraction of sp³-hybridized carbons (Fsp3) is 0.878. The minimum Gasteiger partial charge on any atom is -0.392 e. The van der Waals surface area contributed by atoms with Gasteiger partial charge in [-0.05, 0) is 62.0 Å². The Morgan fingerprint density at radius 1 is 0.825 bits per heavy atom. The molecule has 15 nitrogen and oxygen atoms in total. The fourth-order valence-corrected chi connectivity index (χ4v) is 11.3. The normalized spacial score (nSPS) is 48.8. The zero-order valence-corrected chi connectivity index (χ0v) is 34.3. The summed E-state index contributed by atoms with van der Waals surface area (Å²) < 4.78 is 85.9. The van der Waals surface area contributed by atoms with Gasteiger partial charge in [-0.1, -0.05) is 20.1 Å². The van der Waals surface area contributed by atoms with Gasteiger partial charge < -0.3 is 53.5 Å². The lowest BCUT2D eigenvalue weighted by Crippen LogP contribution is -2.61. The third-order valence-electron chi connectivity index (χ3n) is 14.0. The molecule has 12 bridgehead atoms. The number of hydrogen-bond donors (Lipinski definition) is 3. The van der Waals surface area contributed by atoms with E-state index in [1.165, 1.54) is 0 Å². The van der Waals surface area contributed by atoms with Crippen LogP contribution in [0.3, 0.4) is 0 Å². The van der Waals surface area contributed by atoms with Gasteiger partial charge in [0.05, 0.1) is 73.4 Å². The summed E-state index contributed by atoms with van der Waals surface area (Å²) in [5.74, 6) is -0.619. The number of rotatable bonds is 4. The average Bonchev–Trinajstić information content (AvgIpc) is 3.82. The number of fused-ring (bicyclic) bond motifs is 6. The van der Waals surface area contributed by atoms with Crippen LogP contribution in [0.2, 0.25) is 0 Å². The zero-order chi connectivity index (χ0) is 40.4. The van der Waals surface area contributed by atoms with Gasteiger partial charge in [-0.15, -0.1) is 0 Å². The Hall–Kier alpha value is -1.38. The molecule has 10 fully saturated rings. The predicted molar refractivity (Wildman–Crippen MR) is 204 cm³/mol. The standard InChI is InChI=1S/C40H59NO11.CH4O3S/c1-19-11-24-5-7-28-20(2)12-26(45-28)9-10-40-17-33-36(51-40)37-38(50-33)39(52-40)35-29(49-37)8-6-25(47-35)13-22(42)14-27-31(16-30(46-24)21(19)3)48-32(34(27)44-4)15-23(43)18-41;1-5(2,3)4/h19,23-39,43H,2-3,5-18,41H2,1,4H3;1H3,(H,2,3,4)/t19-,23+,24+,25-,26+,27+,28+,29+,30-,31+,32-,33+,34-,35+,36+,37+,38-,39+,40+;/m1./s1. The summed E-state index contributed by atoms with van der Waals surface area (Å²) in [7, 11) is -2.01. The van der Waals surface area contributed by atoms with Crippen LogP contribution in [0, 0.1) is 11.8 Å². The smallest absolute Gasteiger partial charge is 0.261 e. The highest BCUT2D eigenvalue weighted by molar-refractivity contribution is 7.85. The van der Waals surface area contributed by atoms with Crippen LogP contribution in [0.5, 0.6) is 0 Å². The molecule has 0 aliphatic carbocycles. The number of methoxy groups -OCH3 is 1. The van der Waals surface area contributed by atoms with Gasteiger partial charge in [0.15, 0.2) is 5.79 Å². The summed E-state index contributed by atoms with van der Waals surface area (Å²) in [6, 6.07) is 0. The molecule has 10 aliphatic rings. The van der Waals surface area contributed by atoms with Crippen molar-refractivity contribution < 1.29 is 65.5 Å². The molecule has 0 aromatic rings. The van der Waals surface area contributed by atoms with Crippen LogP contribution in [0.25, 0.3) is 0 Å². The van der Waals surface area contributed by atoms with Gasteiger partial charge in [0.1, 0.15) is 36.3 Å². The first-order valence-electron chi connectivity index (χ1n) is 21.1. The lowest BCUT2D eigenvalue weighted by Gasteiger charge is -2.47. The van der Waals surface area contributed by atoms with E-state index in [0.29, 0.717) is 31.9 Å². The fourth-order valence-electron chi connectivity index (χ4n) is 11.3. The first-order chi connectivity index (χ1) is 27.1. The van der Waals surface area contributed by atoms with Gasteiger partial charge in [0, 0.05) is 58.1 Å². The molecule has 16 heteroatoms. The highest BCUT2D eigenvalue weighted by atomic mass is 32.2. The molecule has 0 aromatic carbocycles. The van der Waals surface area contributed by atoms with Gasteiger partial charge in [-0.2, -0.15) is 8.42 Å².